The molecule has 132 valence electrons. The number of rotatable bonds is 2. The number of esters is 1. The zero-order valence-electron chi connectivity index (χ0n) is 14.4. The lowest BCUT2D eigenvalue weighted by molar-refractivity contribution is -0.143. The van der Waals surface area contributed by atoms with E-state index in [0.717, 1.165) is 0 Å². The third kappa shape index (κ3) is 4.37. The van der Waals surface area contributed by atoms with E-state index in [9.17, 15) is 14.0 Å². The molecule has 0 bridgehead atoms. The molecule has 6 nitrogen and oxygen atoms in total. The lowest BCUT2D eigenvalue weighted by Crippen LogP contribution is -2.58. The summed E-state index contributed by atoms with van der Waals surface area (Å²) in [6.07, 6.45) is -0.463. The highest BCUT2D eigenvalue weighted by atomic mass is 19.1. The summed E-state index contributed by atoms with van der Waals surface area (Å²) in [7, 11) is 1.30. The topological polar surface area (TPSA) is 59.1 Å². The maximum Gasteiger partial charge on any atom is 0.410 e. The average molecular weight is 338 g/mol. The molecule has 7 heteroatoms. The molecule has 1 amide bonds. The molecule has 1 atom stereocenters. The summed E-state index contributed by atoms with van der Waals surface area (Å²) in [5, 5.41) is 0. The van der Waals surface area contributed by atoms with E-state index in [0.29, 0.717) is 18.8 Å². The van der Waals surface area contributed by atoms with Crippen LogP contribution in [0, 0.1) is 5.82 Å². The van der Waals surface area contributed by atoms with Gasteiger partial charge in [-0.3, -0.25) is 0 Å². The first kappa shape index (κ1) is 18.0. The summed E-state index contributed by atoms with van der Waals surface area (Å²) in [5.41, 5.74) is 0.0991. The van der Waals surface area contributed by atoms with Crippen LogP contribution in [0.25, 0.3) is 0 Å². The maximum absolute atomic E-state index is 13.1. The van der Waals surface area contributed by atoms with Crippen molar-refractivity contribution in [1.82, 2.24) is 4.90 Å². The number of benzene rings is 1. The van der Waals surface area contributed by atoms with E-state index in [1.807, 2.05) is 4.90 Å². The molecule has 1 aromatic rings. The van der Waals surface area contributed by atoms with Crippen molar-refractivity contribution < 1.29 is 23.5 Å². The van der Waals surface area contributed by atoms with Crippen LogP contribution in [0.1, 0.15) is 20.8 Å². The van der Waals surface area contributed by atoms with E-state index in [1.165, 1.54) is 24.1 Å². The predicted octanol–water partition coefficient (Wildman–Crippen LogP) is 2.42. The van der Waals surface area contributed by atoms with Crippen molar-refractivity contribution in [3.05, 3.63) is 30.1 Å². The number of anilines is 1. The van der Waals surface area contributed by atoms with Gasteiger partial charge in [0.15, 0.2) is 0 Å². The van der Waals surface area contributed by atoms with E-state index in [4.69, 9.17) is 9.47 Å². The van der Waals surface area contributed by atoms with E-state index in [-0.39, 0.29) is 12.4 Å². The van der Waals surface area contributed by atoms with Crippen molar-refractivity contribution in [2.75, 3.05) is 31.6 Å². The Bertz CT molecular complexity index is 598. The Hall–Kier alpha value is -2.31. The van der Waals surface area contributed by atoms with E-state index < -0.39 is 23.7 Å². The minimum atomic E-state index is -0.665. The van der Waals surface area contributed by atoms with Crippen LogP contribution >= 0.6 is 0 Å². The van der Waals surface area contributed by atoms with Crippen molar-refractivity contribution >= 4 is 17.7 Å². The van der Waals surface area contributed by atoms with Gasteiger partial charge in [-0.25, -0.2) is 14.0 Å². The molecule has 1 saturated heterocycles. The molecule has 1 heterocycles. The third-order valence-corrected chi connectivity index (χ3v) is 3.66. The van der Waals surface area contributed by atoms with Crippen molar-refractivity contribution in [1.29, 1.82) is 0 Å². The number of hydrogen-bond acceptors (Lipinski definition) is 5. The fourth-order valence-corrected chi connectivity index (χ4v) is 2.55. The second-order valence-corrected chi connectivity index (χ2v) is 6.64. The van der Waals surface area contributed by atoms with Crippen molar-refractivity contribution in [3.8, 4) is 0 Å². The van der Waals surface area contributed by atoms with Gasteiger partial charge in [0.1, 0.15) is 17.5 Å². The normalized spacial score (nSPS) is 18.3. The molecule has 0 spiro atoms. The lowest BCUT2D eigenvalue weighted by atomic mass is 10.1. The SMILES string of the molecule is COC(=O)[C@@H]1CN(C(=O)OC(C)(C)C)CCN1c1ccc(F)cc1. The average Bonchev–Trinajstić information content (AvgIpc) is 2.52. The molecule has 0 aliphatic carbocycles. The number of methoxy groups -OCH3 is 1. The van der Waals surface area contributed by atoms with Gasteiger partial charge in [0.2, 0.25) is 0 Å². The van der Waals surface area contributed by atoms with Gasteiger partial charge in [-0.15, -0.1) is 0 Å². The monoisotopic (exact) mass is 338 g/mol. The van der Waals surface area contributed by atoms with E-state index in [1.54, 1.807) is 32.9 Å². The van der Waals surface area contributed by atoms with Crippen LogP contribution in [0.15, 0.2) is 24.3 Å². The van der Waals surface area contributed by atoms with Gasteiger partial charge in [-0.1, -0.05) is 0 Å². The van der Waals surface area contributed by atoms with E-state index >= 15 is 0 Å². The summed E-state index contributed by atoms with van der Waals surface area (Å²) >= 11 is 0. The molecule has 0 unspecified atom stereocenters. The van der Waals surface area contributed by atoms with Crippen LogP contribution in [0.4, 0.5) is 14.9 Å². The Kier molecular flexibility index (Phi) is 5.31. The second kappa shape index (κ2) is 7.07. The molecule has 1 aliphatic heterocycles. The molecular formula is C17H23FN2O4. The number of ether oxygens (including phenoxy) is 2. The molecule has 1 fully saturated rings. The van der Waals surface area contributed by atoms with Crippen molar-refractivity contribution in [3.63, 3.8) is 0 Å². The second-order valence-electron chi connectivity index (χ2n) is 6.64. The lowest BCUT2D eigenvalue weighted by Gasteiger charge is -2.41. The Morgan fingerprint density at radius 1 is 1.17 bits per heavy atom. The van der Waals surface area contributed by atoms with Crippen LogP contribution in [0.2, 0.25) is 0 Å². The minimum Gasteiger partial charge on any atom is -0.467 e. The number of carbonyl (C=O) groups is 2. The predicted molar refractivity (Wildman–Crippen MR) is 87.4 cm³/mol. The fourth-order valence-electron chi connectivity index (χ4n) is 2.55. The first-order valence-electron chi connectivity index (χ1n) is 7.79. The summed E-state index contributed by atoms with van der Waals surface area (Å²) in [6, 6.07) is 5.22. The first-order chi connectivity index (χ1) is 11.2. The highest BCUT2D eigenvalue weighted by molar-refractivity contribution is 5.82. The van der Waals surface area contributed by atoms with Crippen LogP contribution in [0.5, 0.6) is 0 Å². The van der Waals surface area contributed by atoms with Crippen LogP contribution < -0.4 is 4.90 Å². The zero-order valence-corrected chi connectivity index (χ0v) is 14.4. The molecule has 24 heavy (non-hydrogen) atoms. The highest BCUT2D eigenvalue weighted by Gasteiger charge is 2.36. The molecular weight excluding hydrogens is 315 g/mol. The molecule has 0 aromatic heterocycles. The smallest absolute Gasteiger partial charge is 0.410 e. The molecule has 0 N–H and O–H groups in total. The molecule has 1 aromatic carbocycles. The minimum absolute atomic E-state index is 0.152. The number of halogens is 1. The van der Waals surface area contributed by atoms with Gasteiger partial charge >= 0.3 is 12.1 Å². The molecule has 0 radical (unpaired) electrons. The van der Waals surface area contributed by atoms with Crippen molar-refractivity contribution in [2.45, 2.75) is 32.4 Å². The van der Waals surface area contributed by atoms with Gasteiger partial charge in [-0.2, -0.15) is 0 Å². The summed E-state index contributed by atoms with van der Waals surface area (Å²) in [6.45, 7) is 6.34. The zero-order chi connectivity index (χ0) is 17.9. The number of nitrogens with zero attached hydrogens (tertiary/aromatic N) is 2. The van der Waals surface area contributed by atoms with Crippen LogP contribution in [0.3, 0.4) is 0 Å². The molecule has 0 saturated carbocycles. The molecule has 2 rings (SSSR count). The summed E-state index contributed by atoms with van der Waals surface area (Å²) in [5.74, 6) is -0.798. The number of hydrogen-bond donors (Lipinski definition) is 0. The Morgan fingerprint density at radius 2 is 1.79 bits per heavy atom. The third-order valence-electron chi connectivity index (χ3n) is 3.66. The Labute approximate surface area is 141 Å². The highest BCUT2D eigenvalue weighted by Crippen LogP contribution is 2.23. The fraction of sp³-hybridized carbons (Fsp3) is 0.529. The maximum atomic E-state index is 13.1. The van der Waals surface area contributed by atoms with Gasteiger partial charge in [-0.05, 0) is 45.0 Å². The van der Waals surface area contributed by atoms with Gasteiger partial charge < -0.3 is 19.3 Å². The number of amides is 1. The van der Waals surface area contributed by atoms with Gasteiger partial charge in [0.05, 0.1) is 13.7 Å². The first-order valence-corrected chi connectivity index (χ1v) is 7.79. The summed E-state index contributed by atoms with van der Waals surface area (Å²) in [4.78, 5) is 27.7. The summed E-state index contributed by atoms with van der Waals surface area (Å²) < 4.78 is 23.3. The van der Waals surface area contributed by atoms with Gasteiger partial charge in [0, 0.05) is 18.8 Å². The van der Waals surface area contributed by atoms with Crippen molar-refractivity contribution in [2.24, 2.45) is 0 Å². The quantitative estimate of drug-likeness (QED) is 0.775. The molecule has 1 aliphatic rings. The van der Waals surface area contributed by atoms with Gasteiger partial charge in [0.25, 0.3) is 0 Å². The van der Waals surface area contributed by atoms with Crippen LogP contribution in [-0.4, -0.2) is 55.3 Å². The van der Waals surface area contributed by atoms with E-state index in [2.05, 4.69) is 0 Å². The van der Waals surface area contributed by atoms with Crippen LogP contribution in [-0.2, 0) is 14.3 Å². The Balaban J connectivity index is 2.17. The number of piperazine rings is 1. The number of carbonyl (C=O) groups excluding carboxylic acids is 2. The largest absolute Gasteiger partial charge is 0.467 e. The Morgan fingerprint density at radius 3 is 2.33 bits per heavy atom. The standard InChI is InChI=1S/C17H23FN2O4/c1-17(2,3)24-16(22)19-9-10-20(14(11-19)15(21)23-4)13-7-5-12(18)6-8-13/h5-8,14H,9-11H2,1-4H3/t14-/m0/s1.